The summed E-state index contributed by atoms with van der Waals surface area (Å²) < 4.78 is 33.8. The zero-order valence-electron chi connectivity index (χ0n) is 13.4. The van der Waals surface area contributed by atoms with Gasteiger partial charge in [0.05, 0.1) is 12.0 Å². The Bertz CT molecular complexity index is 828. The topological polar surface area (TPSA) is 111 Å². The number of nitro benzene ring substituents is 1. The van der Waals surface area contributed by atoms with Gasteiger partial charge >= 0.3 is 6.61 Å². The maximum atomic E-state index is 12.3. The number of carbonyl (C=O) groups is 1. The Balaban J connectivity index is 2.13. The van der Waals surface area contributed by atoms with Crippen molar-refractivity contribution in [2.45, 2.75) is 13.2 Å². The van der Waals surface area contributed by atoms with Crippen LogP contribution in [0.4, 0.5) is 14.5 Å². The molecule has 0 radical (unpaired) electrons. The summed E-state index contributed by atoms with van der Waals surface area (Å²) in [5, 5.41) is 22.9. The van der Waals surface area contributed by atoms with E-state index in [1.807, 2.05) is 0 Å². The Morgan fingerprint density at radius 3 is 2.62 bits per heavy atom. The van der Waals surface area contributed by atoms with Crippen molar-refractivity contribution in [1.29, 1.82) is 0 Å². The number of nitrogens with one attached hydrogen (secondary N) is 1. The molecule has 0 aromatic heterocycles. The lowest BCUT2D eigenvalue weighted by atomic mass is 10.1. The molecule has 138 valence electrons. The largest absolute Gasteiger partial charge is 0.508 e. The van der Waals surface area contributed by atoms with Crippen molar-refractivity contribution >= 4 is 11.6 Å². The number of alkyl halides is 2. The second-order valence-electron chi connectivity index (χ2n) is 5.00. The Hall–Kier alpha value is -3.43. The van der Waals surface area contributed by atoms with Crippen LogP contribution >= 0.6 is 0 Å². The highest BCUT2D eigenvalue weighted by Crippen LogP contribution is 2.29. The fourth-order valence-corrected chi connectivity index (χ4v) is 2.11. The van der Waals surface area contributed by atoms with E-state index in [0.29, 0.717) is 0 Å². The number of nitro groups is 1. The molecule has 0 atom stereocenters. The van der Waals surface area contributed by atoms with Crippen LogP contribution in [0.15, 0.2) is 36.4 Å². The molecule has 10 heteroatoms. The first-order chi connectivity index (χ1) is 12.3. The molecule has 1 amide bonds. The summed E-state index contributed by atoms with van der Waals surface area (Å²) in [5.74, 6) is -1.10. The van der Waals surface area contributed by atoms with E-state index in [9.17, 15) is 28.8 Å². The summed E-state index contributed by atoms with van der Waals surface area (Å²) in [6, 6.07) is 7.04. The maximum absolute atomic E-state index is 12.3. The normalized spacial score (nSPS) is 10.5. The molecule has 0 aliphatic carbocycles. The number of amides is 1. The average Bonchev–Trinajstić information content (AvgIpc) is 2.60. The van der Waals surface area contributed by atoms with Crippen LogP contribution in [0.25, 0.3) is 0 Å². The second kappa shape index (κ2) is 8.10. The molecule has 0 fully saturated rings. The predicted octanol–water partition coefficient (Wildman–Crippen LogP) is 2.84. The molecular weight excluding hydrogens is 354 g/mol. The number of nitrogens with zero attached hydrogens (tertiary/aromatic N) is 1. The number of methoxy groups -OCH3 is 1. The minimum Gasteiger partial charge on any atom is -0.508 e. The molecule has 2 aromatic carbocycles. The molecule has 0 bridgehead atoms. The van der Waals surface area contributed by atoms with Gasteiger partial charge in [-0.15, -0.1) is 0 Å². The number of rotatable bonds is 7. The SMILES string of the molecule is COc1cc(C(=O)NCc2cc([N+](=O)[O-])ccc2O)ccc1OC(F)F. The van der Waals surface area contributed by atoms with Crippen LogP contribution in [0.2, 0.25) is 0 Å². The lowest BCUT2D eigenvalue weighted by molar-refractivity contribution is -0.384. The summed E-state index contributed by atoms with van der Waals surface area (Å²) in [7, 11) is 1.23. The number of ether oxygens (including phenoxy) is 2. The maximum Gasteiger partial charge on any atom is 0.387 e. The molecule has 0 aliphatic heterocycles. The van der Waals surface area contributed by atoms with Crippen LogP contribution in [0.1, 0.15) is 15.9 Å². The zero-order valence-corrected chi connectivity index (χ0v) is 13.4. The smallest absolute Gasteiger partial charge is 0.387 e. The highest BCUT2D eigenvalue weighted by Gasteiger charge is 2.15. The van der Waals surface area contributed by atoms with E-state index in [-0.39, 0.29) is 40.6 Å². The number of carbonyl (C=O) groups excluding carboxylic acids is 1. The van der Waals surface area contributed by atoms with Gasteiger partial charge in [-0.05, 0) is 24.3 Å². The molecule has 0 spiro atoms. The number of halogens is 2. The summed E-state index contributed by atoms with van der Waals surface area (Å²) in [4.78, 5) is 22.3. The third-order valence-electron chi connectivity index (χ3n) is 3.36. The fraction of sp³-hybridized carbons (Fsp3) is 0.188. The number of hydrogen-bond donors (Lipinski definition) is 2. The van der Waals surface area contributed by atoms with Crippen LogP contribution in [0.5, 0.6) is 17.2 Å². The van der Waals surface area contributed by atoms with Crippen LogP contribution in [0.3, 0.4) is 0 Å². The van der Waals surface area contributed by atoms with Crippen LogP contribution in [-0.4, -0.2) is 29.7 Å². The number of aromatic hydroxyl groups is 1. The van der Waals surface area contributed by atoms with E-state index in [2.05, 4.69) is 10.1 Å². The van der Waals surface area contributed by atoms with Gasteiger partial charge in [0.15, 0.2) is 11.5 Å². The van der Waals surface area contributed by atoms with E-state index in [4.69, 9.17) is 4.74 Å². The molecule has 0 unspecified atom stereocenters. The quantitative estimate of drug-likeness (QED) is 0.574. The molecule has 0 aliphatic rings. The monoisotopic (exact) mass is 368 g/mol. The second-order valence-corrected chi connectivity index (χ2v) is 5.00. The lowest BCUT2D eigenvalue weighted by Crippen LogP contribution is -2.23. The molecule has 2 N–H and O–H groups in total. The Kier molecular flexibility index (Phi) is 5.89. The first-order valence-corrected chi connectivity index (χ1v) is 7.19. The van der Waals surface area contributed by atoms with Gasteiger partial charge in [-0.25, -0.2) is 0 Å². The molecule has 2 aromatic rings. The highest BCUT2D eigenvalue weighted by atomic mass is 19.3. The fourth-order valence-electron chi connectivity index (χ4n) is 2.11. The van der Waals surface area contributed by atoms with Crippen molar-refractivity contribution in [2.75, 3.05) is 7.11 Å². The van der Waals surface area contributed by atoms with Crippen LogP contribution < -0.4 is 14.8 Å². The van der Waals surface area contributed by atoms with E-state index < -0.39 is 17.4 Å². The Morgan fingerprint density at radius 1 is 1.27 bits per heavy atom. The van der Waals surface area contributed by atoms with Crippen molar-refractivity contribution in [3.05, 3.63) is 57.6 Å². The zero-order chi connectivity index (χ0) is 19.3. The van der Waals surface area contributed by atoms with Gasteiger partial charge in [-0.1, -0.05) is 0 Å². The summed E-state index contributed by atoms with van der Waals surface area (Å²) in [6.07, 6.45) is 0. The van der Waals surface area contributed by atoms with Gasteiger partial charge in [0, 0.05) is 29.8 Å². The minimum atomic E-state index is -3.04. The van der Waals surface area contributed by atoms with Gasteiger partial charge in [0.25, 0.3) is 11.6 Å². The van der Waals surface area contributed by atoms with Crippen molar-refractivity contribution in [3.63, 3.8) is 0 Å². The first kappa shape index (κ1) is 18.9. The number of benzene rings is 2. The van der Waals surface area contributed by atoms with Crippen molar-refractivity contribution in [3.8, 4) is 17.2 Å². The number of non-ortho nitro benzene ring substituents is 1. The third kappa shape index (κ3) is 4.56. The van der Waals surface area contributed by atoms with Gasteiger partial charge in [-0.3, -0.25) is 14.9 Å². The van der Waals surface area contributed by atoms with E-state index in [1.165, 1.54) is 19.2 Å². The molecule has 26 heavy (non-hydrogen) atoms. The summed E-state index contributed by atoms with van der Waals surface area (Å²) in [5.41, 5.74) is 0.00720. The highest BCUT2D eigenvalue weighted by molar-refractivity contribution is 5.94. The van der Waals surface area contributed by atoms with E-state index >= 15 is 0 Å². The molecule has 0 saturated carbocycles. The van der Waals surface area contributed by atoms with Crippen molar-refractivity contribution < 1.29 is 33.1 Å². The average molecular weight is 368 g/mol. The Labute approximate surface area is 146 Å². The van der Waals surface area contributed by atoms with Gasteiger partial charge in [0.1, 0.15) is 5.75 Å². The van der Waals surface area contributed by atoms with Crippen molar-refractivity contribution in [2.24, 2.45) is 0 Å². The lowest BCUT2D eigenvalue weighted by Gasteiger charge is -2.12. The summed E-state index contributed by atoms with van der Waals surface area (Å²) in [6.45, 7) is -3.22. The van der Waals surface area contributed by atoms with Gasteiger partial charge < -0.3 is 19.9 Å². The van der Waals surface area contributed by atoms with Crippen LogP contribution in [-0.2, 0) is 6.54 Å². The molecule has 0 heterocycles. The number of phenols is 1. The molecule has 2 rings (SSSR count). The first-order valence-electron chi connectivity index (χ1n) is 7.19. The van der Waals surface area contributed by atoms with Gasteiger partial charge in [0.2, 0.25) is 0 Å². The number of hydrogen-bond acceptors (Lipinski definition) is 6. The molecular formula is C16H14F2N2O6. The third-order valence-corrected chi connectivity index (χ3v) is 3.36. The van der Waals surface area contributed by atoms with Crippen LogP contribution in [0, 0.1) is 10.1 Å². The van der Waals surface area contributed by atoms with Crippen molar-refractivity contribution in [1.82, 2.24) is 5.32 Å². The summed E-state index contributed by atoms with van der Waals surface area (Å²) >= 11 is 0. The van der Waals surface area contributed by atoms with E-state index in [1.54, 1.807) is 0 Å². The minimum absolute atomic E-state index is 0.0591. The number of phenolic OH excluding ortho intramolecular Hbond substituents is 1. The Morgan fingerprint density at radius 2 is 2.00 bits per heavy atom. The molecule has 0 saturated heterocycles. The van der Waals surface area contributed by atoms with E-state index in [0.717, 1.165) is 24.3 Å². The molecule has 8 nitrogen and oxygen atoms in total. The predicted molar refractivity (Wildman–Crippen MR) is 85.6 cm³/mol. The standard InChI is InChI=1S/C16H14F2N2O6/c1-25-14-7-9(2-5-13(14)26-16(17)18)15(22)19-8-10-6-11(20(23)24)3-4-12(10)21/h2-7,16,21H,8H2,1H3,(H,19,22). The van der Waals surface area contributed by atoms with Gasteiger partial charge in [-0.2, -0.15) is 8.78 Å².